The highest BCUT2D eigenvalue weighted by atomic mass is 16.5. The molecule has 1 unspecified atom stereocenters. The molecule has 1 atom stereocenters. The van der Waals surface area contributed by atoms with E-state index in [1.807, 2.05) is 55.5 Å². The number of rotatable bonds is 7. The molecule has 3 aromatic carbocycles. The summed E-state index contributed by atoms with van der Waals surface area (Å²) in [7, 11) is 1.58. The molecule has 1 saturated heterocycles. The summed E-state index contributed by atoms with van der Waals surface area (Å²) in [6.07, 6.45) is 0. The van der Waals surface area contributed by atoms with Gasteiger partial charge in [-0.1, -0.05) is 42.0 Å². The Bertz CT molecular complexity index is 1240. The Balaban J connectivity index is 1.86. The highest BCUT2D eigenvalue weighted by Gasteiger charge is 2.47. The molecule has 6 heteroatoms. The number of benzene rings is 3. The molecule has 0 radical (unpaired) electrons. The van der Waals surface area contributed by atoms with E-state index in [0.29, 0.717) is 22.6 Å². The van der Waals surface area contributed by atoms with Crippen molar-refractivity contribution in [2.45, 2.75) is 26.8 Å². The first kappa shape index (κ1) is 24.1. The fraction of sp³-hybridized carbons (Fsp3) is 0.241. The molecule has 1 amide bonds. The third-order valence-corrected chi connectivity index (χ3v) is 6.46. The summed E-state index contributed by atoms with van der Waals surface area (Å²) in [5.41, 5.74) is 3.91. The average molecular weight is 471 g/mol. The summed E-state index contributed by atoms with van der Waals surface area (Å²) >= 11 is 0. The van der Waals surface area contributed by atoms with E-state index in [2.05, 4.69) is 18.7 Å². The van der Waals surface area contributed by atoms with Crippen molar-refractivity contribution in [2.24, 2.45) is 0 Å². The molecule has 1 fully saturated rings. The van der Waals surface area contributed by atoms with Gasteiger partial charge in [0.25, 0.3) is 11.7 Å². The second kappa shape index (κ2) is 10.1. The maximum atomic E-state index is 13.3. The summed E-state index contributed by atoms with van der Waals surface area (Å²) in [5, 5.41) is 11.2. The van der Waals surface area contributed by atoms with Gasteiger partial charge >= 0.3 is 0 Å². The SMILES string of the molecule is CCN(CC)c1ccc(N2C(=O)C(=O)/C(=C(/O)c3ccc(C)cc3)C2c2ccc(OC)cc2)cc1. The van der Waals surface area contributed by atoms with Gasteiger partial charge in [-0.3, -0.25) is 14.5 Å². The number of aliphatic hydroxyl groups is 1. The van der Waals surface area contributed by atoms with E-state index in [9.17, 15) is 14.7 Å². The molecule has 0 bridgehead atoms. The van der Waals surface area contributed by atoms with E-state index < -0.39 is 17.7 Å². The molecule has 0 aromatic heterocycles. The number of carbonyl (C=O) groups is 2. The lowest BCUT2D eigenvalue weighted by Gasteiger charge is -2.27. The predicted octanol–water partition coefficient (Wildman–Crippen LogP) is 5.48. The van der Waals surface area contributed by atoms with Crippen LogP contribution in [0.25, 0.3) is 5.76 Å². The first-order valence-corrected chi connectivity index (χ1v) is 11.8. The van der Waals surface area contributed by atoms with Gasteiger partial charge in [0, 0.05) is 30.0 Å². The average Bonchev–Trinajstić information content (AvgIpc) is 3.15. The number of aliphatic hydroxyl groups excluding tert-OH is 1. The Morgan fingerprint density at radius 2 is 1.51 bits per heavy atom. The lowest BCUT2D eigenvalue weighted by atomic mass is 9.95. The zero-order valence-corrected chi connectivity index (χ0v) is 20.5. The van der Waals surface area contributed by atoms with Crippen LogP contribution in [0, 0.1) is 6.92 Å². The molecule has 6 nitrogen and oxygen atoms in total. The largest absolute Gasteiger partial charge is 0.507 e. The summed E-state index contributed by atoms with van der Waals surface area (Å²) in [6, 6.07) is 21.2. The molecule has 0 saturated carbocycles. The first-order valence-electron chi connectivity index (χ1n) is 11.8. The molecule has 3 aromatic rings. The van der Waals surface area contributed by atoms with Crippen LogP contribution in [0.1, 0.15) is 36.6 Å². The number of hydrogen-bond donors (Lipinski definition) is 1. The highest BCUT2D eigenvalue weighted by molar-refractivity contribution is 6.51. The smallest absolute Gasteiger partial charge is 0.300 e. The molecule has 0 spiro atoms. The second-order valence-corrected chi connectivity index (χ2v) is 8.50. The predicted molar refractivity (Wildman–Crippen MR) is 139 cm³/mol. The Labute approximate surface area is 206 Å². The number of nitrogens with zero attached hydrogens (tertiary/aromatic N) is 2. The fourth-order valence-electron chi connectivity index (χ4n) is 4.48. The molecule has 1 heterocycles. The number of anilines is 2. The number of amides is 1. The first-order chi connectivity index (χ1) is 16.9. The minimum absolute atomic E-state index is 0.0665. The number of Topliss-reactive ketones (excluding diaryl/α,β-unsaturated/α-hetero) is 1. The van der Waals surface area contributed by atoms with Crippen LogP contribution in [0.4, 0.5) is 11.4 Å². The van der Waals surface area contributed by atoms with Crippen molar-refractivity contribution in [3.63, 3.8) is 0 Å². The van der Waals surface area contributed by atoms with Gasteiger partial charge in [0.15, 0.2) is 0 Å². The van der Waals surface area contributed by atoms with Crippen LogP contribution in [0.15, 0.2) is 78.4 Å². The van der Waals surface area contributed by atoms with Gasteiger partial charge < -0.3 is 14.7 Å². The van der Waals surface area contributed by atoms with E-state index in [-0.39, 0.29) is 11.3 Å². The standard InChI is InChI=1S/C29H30N2O4/c1-5-30(6-2)22-13-15-23(16-14-22)31-26(20-11-17-24(35-4)18-12-20)25(28(33)29(31)34)27(32)21-9-7-19(3)8-10-21/h7-18,26,32H,5-6H2,1-4H3/b27-25+. The third kappa shape index (κ3) is 4.52. The number of aryl methyl sites for hydroxylation is 1. The number of ketones is 1. The summed E-state index contributed by atoms with van der Waals surface area (Å²) < 4.78 is 5.28. The van der Waals surface area contributed by atoms with Crippen LogP contribution >= 0.6 is 0 Å². The van der Waals surface area contributed by atoms with Crippen molar-refractivity contribution in [3.8, 4) is 5.75 Å². The van der Waals surface area contributed by atoms with Crippen LogP contribution in [-0.2, 0) is 9.59 Å². The molecule has 1 aliphatic rings. The highest BCUT2D eigenvalue weighted by Crippen LogP contribution is 2.42. The van der Waals surface area contributed by atoms with Crippen molar-refractivity contribution in [2.75, 3.05) is 30.0 Å². The van der Waals surface area contributed by atoms with Crippen LogP contribution in [0.3, 0.4) is 0 Å². The van der Waals surface area contributed by atoms with E-state index in [1.54, 1.807) is 31.4 Å². The molecule has 4 rings (SSSR count). The van der Waals surface area contributed by atoms with Crippen LogP contribution in [-0.4, -0.2) is 37.0 Å². The maximum absolute atomic E-state index is 13.3. The summed E-state index contributed by atoms with van der Waals surface area (Å²) in [4.78, 5) is 30.3. The van der Waals surface area contributed by atoms with Gasteiger partial charge in [0.2, 0.25) is 0 Å². The zero-order chi connectivity index (χ0) is 25.1. The minimum atomic E-state index is -0.776. The number of ether oxygens (including phenoxy) is 1. The Morgan fingerprint density at radius 3 is 2.06 bits per heavy atom. The van der Waals surface area contributed by atoms with Gasteiger partial charge in [-0.25, -0.2) is 0 Å². The van der Waals surface area contributed by atoms with Crippen LogP contribution in [0.5, 0.6) is 5.75 Å². The summed E-state index contributed by atoms with van der Waals surface area (Å²) in [6.45, 7) is 7.85. The van der Waals surface area contributed by atoms with Gasteiger partial charge in [-0.2, -0.15) is 0 Å². The molecular weight excluding hydrogens is 440 g/mol. The van der Waals surface area contributed by atoms with Crippen molar-refractivity contribution < 1.29 is 19.4 Å². The molecule has 1 N–H and O–H groups in total. The van der Waals surface area contributed by atoms with Crippen LogP contribution < -0.4 is 14.5 Å². The zero-order valence-electron chi connectivity index (χ0n) is 20.5. The maximum Gasteiger partial charge on any atom is 0.300 e. The Kier molecular flexibility index (Phi) is 6.92. The number of carbonyl (C=O) groups excluding carboxylic acids is 2. The van der Waals surface area contributed by atoms with Gasteiger partial charge in [0.1, 0.15) is 11.5 Å². The molecule has 35 heavy (non-hydrogen) atoms. The number of hydrogen-bond acceptors (Lipinski definition) is 5. The van der Waals surface area contributed by atoms with Crippen LogP contribution in [0.2, 0.25) is 0 Å². The number of methoxy groups -OCH3 is 1. The third-order valence-electron chi connectivity index (χ3n) is 6.46. The Hall–Kier alpha value is -4.06. The van der Waals surface area contributed by atoms with E-state index in [0.717, 1.165) is 24.3 Å². The van der Waals surface area contributed by atoms with Crippen molar-refractivity contribution in [3.05, 3.63) is 95.1 Å². The van der Waals surface area contributed by atoms with Gasteiger partial charge in [0.05, 0.1) is 18.7 Å². The molecular formula is C29H30N2O4. The molecule has 0 aliphatic carbocycles. The van der Waals surface area contributed by atoms with Crippen molar-refractivity contribution >= 4 is 28.8 Å². The molecule has 1 aliphatic heterocycles. The van der Waals surface area contributed by atoms with Crippen molar-refractivity contribution in [1.82, 2.24) is 0 Å². The second-order valence-electron chi connectivity index (χ2n) is 8.50. The lowest BCUT2D eigenvalue weighted by Crippen LogP contribution is -2.29. The Morgan fingerprint density at radius 1 is 0.914 bits per heavy atom. The lowest BCUT2D eigenvalue weighted by molar-refractivity contribution is -0.132. The minimum Gasteiger partial charge on any atom is -0.507 e. The van der Waals surface area contributed by atoms with Gasteiger partial charge in [-0.15, -0.1) is 0 Å². The van der Waals surface area contributed by atoms with Crippen molar-refractivity contribution in [1.29, 1.82) is 0 Å². The van der Waals surface area contributed by atoms with E-state index in [4.69, 9.17) is 4.74 Å². The van der Waals surface area contributed by atoms with E-state index in [1.165, 1.54) is 4.90 Å². The topological polar surface area (TPSA) is 70.1 Å². The fourth-order valence-corrected chi connectivity index (χ4v) is 4.48. The van der Waals surface area contributed by atoms with Gasteiger partial charge in [-0.05, 0) is 62.7 Å². The quantitative estimate of drug-likeness (QED) is 0.281. The normalized spacial score (nSPS) is 17.0. The molecule has 180 valence electrons. The van der Waals surface area contributed by atoms with E-state index >= 15 is 0 Å². The summed E-state index contributed by atoms with van der Waals surface area (Å²) in [5.74, 6) is -0.911. The monoisotopic (exact) mass is 470 g/mol.